The van der Waals surface area contributed by atoms with Gasteiger partial charge in [-0.3, -0.25) is 14.5 Å². The van der Waals surface area contributed by atoms with Crippen molar-refractivity contribution in [3.05, 3.63) is 64.7 Å². The zero-order chi connectivity index (χ0) is 24.2. The van der Waals surface area contributed by atoms with Crippen molar-refractivity contribution in [1.29, 1.82) is 5.26 Å². The van der Waals surface area contributed by atoms with Crippen molar-refractivity contribution in [1.82, 2.24) is 10.2 Å². The molecule has 2 aromatic carbocycles. The lowest BCUT2D eigenvalue weighted by Gasteiger charge is -2.25. The Morgan fingerprint density at radius 3 is 2.33 bits per heavy atom. The van der Waals surface area contributed by atoms with Crippen LogP contribution in [0.3, 0.4) is 0 Å². The van der Waals surface area contributed by atoms with Crippen molar-refractivity contribution in [2.24, 2.45) is 0 Å². The fourth-order valence-electron chi connectivity index (χ4n) is 4.22. The molecule has 172 valence electrons. The van der Waals surface area contributed by atoms with Gasteiger partial charge >= 0.3 is 6.03 Å². The number of carbonyl (C=O) groups is 3. The van der Waals surface area contributed by atoms with Gasteiger partial charge in [0.1, 0.15) is 12.1 Å². The topological polar surface area (TPSA) is 93.5 Å². The number of aryl methyl sites for hydroxylation is 3. The molecule has 7 heteroatoms. The van der Waals surface area contributed by atoms with Gasteiger partial charge in [-0.1, -0.05) is 43.7 Å². The Balaban J connectivity index is 1.83. The minimum atomic E-state index is -1.24. The maximum Gasteiger partial charge on any atom is 0.325 e. The maximum absolute atomic E-state index is 13.3. The van der Waals surface area contributed by atoms with Gasteiger partial charge < -0.3 is 10.2 Å². The summed E-state index contributed by atoms with van der Waals surface area (Å²) in [6.07, 6.45) is 2.10. The highest BCUT2D eigenvalue weighted by Crippen LogP contribution is 2.29. The quantitative estimate of drug-likeness (QED) is 0.621. The summed E-state index contributed by atoms with van der Waals surface area (Å²) < 4.78 is 0. The predicted molar refractivity (Wildman–Crippen MR) is 127 cm³/mol. The van der Waals surface area contributed by atoms with Crippen LogP contribution in [0, 0.1) is 25.2 Å². The highest BCUT2D eigenvalue weighted by molar-refractivity contribution is 6.10. The van der Waals surface area contributed by atoms with Crippen molar-refractivity contribution in [3.63, 3.8) is 0 Å². The molecule has 1 heterocycles. The average Bonchev–Trinajstić information content (AvgIpc) is 2.98. The minimum Gasteiger partial charge on any atom is -0.319 e. The number of urea groups is 1. The summed E-state index contributed by atoms with van der Waals surface area (Å²) >= 11 is 0. The monoisotopic (exact) mass is 446 g/mol. The molecule has 1 atom stereocenters. The zero-order valence-electron chi connectivity index (χ0n) is 19.6. The maximum atomic E-state index is 13.3. The van der Waals surface area contributed by atoms with Crippen LogP contribution in [0.1, 0.15) is 48.9 Å². The number of hydrogen-bond donors (Lipinski definition) is 1. The Hall–Kier alpha value is -3.66. The first-order chi connectivity index (χ1) is 15.7. The van der Waals surface area contributed by atoms with E-state index >= 15 is 0 Å². The number of rotatable bonds is 8. The van der Waals surface area contributed by atoms with Gasteiger partial charge in [0.2, 0.25) is 5.91 Å². The van der Waals surface area contributed by atoms with Gasteiger partial charge in [-0.15, -0.1) is 0 Å². The summed E-state index contributed by atoms with van der Waals surface area (Å²) in [5.74, 6) is -0.883. The van der Waals surface area contributed by atoms with Gasteiger partial charge in [0.25, 0.3) is 5.91 Å². The third kappa shape index (κ3) is 5.06. The standard InChI is InChI=1S/C26H30N4O3/c1-5-7-20-8-10-21(11-9-20)26(4)24(32)30(25(33)28-26)17-23(31)29(13-6-12-27)22-15-18(2)14-19(3)16-22/h8-11,14-16H,5-7,13,17H2,1-4H3,(H,28,33). The minimum absolute atomic E-state index is 0.140. The molecular weight excluding hydrogens is 416 g/mol. The molecule has 0 spiro atoms. The molecule has 0 saturated carbocycles. The average molecular weight is 447 g/mol. The molecule has 0 aliphatic carbocycles. The van der Waals surface area contributed by atoms with Crippen LogP contribution in [0.15, 0.2) is 42.5 Å². The van der Waals surface area contributed by atoms with Crippen molar-refractivity contribution in [2.45, 2.75) is 52.5 Å². The molecule has 4 amide bonds. The first-order valence-electron chi connectivity index (χ1n) is 11.2. The third-order valence-corrected chi connectivity index (χ3v) is 5.90. The summed E-state index contributed by atoms with van der Waals surface area (Å²) in [6, 6.07) is 14.8. The lowest BCUT2D eigenvalue weighted by atomic mass is 9.91. The van der Waals surface area contributed by atoms with E-state index in [1.54, 1.807) is 6.92 Å². The first-order valence-corrected chi connectivity index (χ1v) is 11.2. The van der Waals surface area contributed by atoms with E-state index < -0.39 is 29.9 Å². The molecule has 1 N–H and O–H groups in total. The SMILES string of the molecule is CCCc1ccc(C2(C)NC(=O)N(CC(=O)N(CCC#N)c3cc(C)cc(C)c3)C2=O)cc1. The molecule has 0 radical (unpaired) electrons. The van der Waals surface area contributed by atoms with Crippen LogP contribution >= 0.6 is 0 Å². The van der Waals surface area contributed by atoms with E-state index in [1.807, 2.05) is 56.3 Å². The van der Waals surface area contributed by atoms with E-state index in [0.29, 0.717) is 11.3 Å². The second-order valence-electron chi connectivity index (χ2n) is 8.69. The highest BCUT2D eigenvalue weighted by Gasteiger charge is 2.49. The normalized spacial score (nSPS) is 17.6. The Kier molecular flexibility index (Phi) is 7.17. The molecule has 2 aromatic rings. The first kappa shape index (κ1) is 24.0. The number of nitrogens with zero attached hydrogens (tertiary/aromatic N) is 3. The number of nitrogens with one attached hydrogen (secondary N) is 1. The highest BCUT2D eigenvalue weighted by atomic mass is 16.2. The van der Waals surface area contributed by atoms with Crippen LogP contribution < -0.4 is 10.2 Å². The van der Waals surface area contributed by atoms with E-state index in [1.165, 1.54) is 4.90 Å². The van der Waals surface area contributed by atoms with E-state index in [2.05, 4.69) is 18.3 Å². The third-order valence-electron chi connectivity index (χ3n) is 5.90. The smallest absolute Gasteiger partial charge is 0.319 e. The summed E-state index contributed by atoms with van der Waals surface area (Å²) in [5, 5.41) is 11.8. The molecule has 1 aliphatic rings. The summed E-state index contributed by atoms with van der Waals surface area (Å²) in [5.41, 5.74) is 3.21. The molecule has 0 bridgehead atoms. The largest absolute Gasteiger partial charge is 0.325 e. The van der Waals surface area contributed by atoms with Crippen LogP contribution in [0.4, 0.5) is 10.5 Å². The van der Waals surface area contributed by atoms with E-state index in [0.717, 1.165) is 34.4 Å². The Labute approximate surface area is 195 Å². The van der Waals surface area contributed by atoms with Crippen LogP contribution in [0.25, 0.3) is 0 Å². The second kappa shape index (κ2) is 9.86. The van der Waals surface area contributed by atoms with E-state index in [-0.39, 0.29) is 13.0 Å². The molecule has 1 aliphatic heterocycles. The van der Waals surface area contributed by atoms with Crippen LogP contribution in [-0.4, -0.2) is 35.8 Å². The van der Waals surface area contributed by atoms with Gasteiger partial charge in [-0.25, -0.2) is 4.79 Å². The molecule has 1 fully saturated rings. The Morgan fingerprint density at radius 1 is 1.12 bits per heavy atom. The number of benzene rings is 2. The van der Waals surface area contributed by atoms with Crippen molar-refractivity contribution >= 4 is 23.5 Å². The zero-order valence-corrected chi connectivity index (χ0v) is 19.6. The molecular formula is C26H30N4O3. The second-order valence-corrected chi connectivity index (χ2v) is 8.69. The number of hydrogen-bond acceptors (Lipinski definition) is 4. The van der Waals surface area contributed by atoms with Gasteiger partial charge in [0.15, 0.2) is 0 Å². The van der Waals surface area contributed by atoms with Crippen molar-refractivity contribution in [2.75, 3.05) is 18.0 Å². The van der Waals surface area contributed by atoms with Gasteiger partial charge in [-0.05, 0) is 61.6 Å². The number of nitriles is 1. The van der Waals surface area contributed by atoms with Gasteiger partial charge in [0.05, 0.1) is 12.5 Å². The molecule has 1 saturated heterocycles. The summed E-state index contributed by atoms with van der Waals surface area (Å²) in [7, 11) is 0. The van der Waals surface area contributed by atoms with Crippen molar-refractivity contribution < 1.29 is 14.4 Å². The Morgan fingerprint density at radius 2 is 1.76 bits per heavy atom. The summed E-state index contributed by atoms with van der Waals surface area (Å²) in [6.45, 7) is 7.40. The lowest BCUT2D eigenvalue weighted by Crippen LogP contribution is -2.45. The number of carbonyl (C=O) groups excluding carboxylic acids is 3. The lowest BCUT2D eigenvalue weighted by molar-refractivity contribution is -0.134. The summed E-state index contributed by atoms with van der Waals surface area (Å²) in [4.78, 5) is 41.7. The molecule has 0 aromatic heterocycles. The van der Waals surface area contributed by atoms with E-state index in [4.69, 9.17) is 5.26 Å². The fourth-order valence-corrected chi connectivity index (χ4v) is 4.22. The van der Waals surface area contributed by atoms with Crippen LogP contribution in [0.5, 0.6) is 0 Å². The molecule has 7 nitrogen and oxygen atoms in total. The van der Waals surface area contributed by atoms with Gasteiger partial charge in [0, 0.05) is 12.2 Å². The van der Waals surface area contributed by atoms with E-state index in [9.17, 15) is 14.4 Å². The van der Waals surface area contributed by atoms with Gasteiger partial charge in [-0.2, -0.15) is 5.26 Å². The molecule has 33 heavy (non-hydrogen) atoms. The van der Waals surface area contributed by atoms with Crippen LogP contribution in [-0.2, 0) is 21.5 Å². The van der Waals surface area contributed by atoms with Crippen molar-refractivity contribution in [3.8, 4) is 6.07 Å². The Bertz CT molecular complexity index is 1080. The number of amides is 4. The molecule has 1 unspecified atom stereocenters. The molecule has 3 rings (SSSR count). The fraction of sp³-hybridized carbons (Fsp3) is 0.385. The van der Waals surface area contributed by atoms with Crippen LogP contribution in [0.2, 0.25) is 0 Å². The number of anilines is 1. The number of imide groups is 1. The predicted octanol–water partition coefficient (Wildman–Crippen LogP) is 3.97.